The summed E-state index contributed by atoms with van der Waals surface area (Å²) in [6.45, 7) is 3.09. The molecule has 0 radical (unpaired) electrons. The molecule has 8 nitrogen and oxygen atoms in total. The van der Waals surface area contributed by atoms with Gasteiger partial charge < -0.3 is 20.1 Å². The van der Waals surface area contributed by atoms with E-state index in [0.717, 1.165) is 28.8 Å². The molecular formula is C25H25ClFN5O3S. The van der Waals surface area contributed by atoms with Gasteiger partial charge in [-0.15, -0.1) is 21.5 Å². The number of rotatable bonds is 7. The van der Waals surface area contributed by atoms with E-state index in [1.54, 1.807) is 12.1 Å². The van der Waals surface area contributed by atoms with Gasteiger partial charge in [0, 0.05) is 22.5 Å². The van der Waals surface area contributed by atoms with E-state index in [2.05, 4.69) is 27.0 Å². The fourth-order valence-electron chi connectivity index (χ4n) is 3.89. The molecule has 11 heteroatoms. The van der Waals surface area contributed by atoms with Crippen LogP contribution < -0.4 is 15.4 Å². The minimum absolute atomic E-state index is 0.143. The number of thiazole rings is 1. The third-order valence-corrected chi connectivity index (χ3v) is 7.19. The van der Waals surface area contributed by atoms with Crippen molar-refractivity contribution in [3.8, 4) is 17.6 Å². The van der Waals surface area contributed by atoms with Crippen LogP contribution in [0.1, 0.15) is 44.9 Å². The van der Waals surface area contributed by atoms with E-state index in [-0.39, 0.29) is 24.6 Å². The lowest BCUT2D eigenvalue weighted by atomic mass is 10.0. The number of hydrogen-bond donors (Lipinski definition) is 1. The van der Waals surface area contributed by atoms with E-state index in [1.807, 2.05) is 11.8 Å². The van der Waals surface area contributed by atoms with Crippen molar-refractivity contribution >= 4 is 39.9 Å². The van der Waals surface area contributed by atoms with E-state index in [4.69, 9.17) is 26.8 Å². The number of esters is 1. The molecule has 0 aliphatic carbocycles. The first-order valence-electron chi connectivity index (χ1n) is 11.4. The summed E-state index contributed by atoms with van der Waals surface area (Å²) in [6.07, 6.45) is 2.80. The molecule has 0 atom stereocenters. The standard InChI is InChI=1S/C25H25ClFN5O3S/c1-15-17-7-4-12-32(23(17)31-30-22(15)26)25-29-21(24(33)34-2)20(36-25)8-5-13-35-19-10-9-16(6-3-11-28)14-18(19)27/h9-10,14H,4-5,7-8,11-13,28H2,1-2H3. The molecule has 0 spiro atoms. The third-order valence-electron chi connectivity index (χ3n) is 5.70. The number of carbonyl (C=O) groups excluding carboxylic acids is 1. The second kappa shape index (κ2) is 11.6. The number of carbonyl (C=O) groups is 1. The summed E-state index contributed by atoms with van der Waals surface area (Å²) in [4.78, 5) is 19.8. The SMILES string of the molecule is COC(=O)c1nc(N2CCCc3c2nnc(Cl)c3C)sc1CCCOc1ccc(C#CCN)cc1F. The van der Waals surface area contributed by atoms with E-state index in [9.17, 15) is 9.18 Å². The zero-order valence-electron chi connectivity index (χ0n) is 19.9. The van der Waals surface area contributed by atoms with E-state index in [0.29, 0.717) is 41.1 Å². The highest BCUT2D eigenvalue weighted by Gasteiger charge is 2.28. The number of anilines is 2. The van der Waals surface area contributed by atoms with E-state index >= 15 is 0 Å². The second-order valence-corrected chi connectivity index (χ2v) is 9.46. The van der Waals surface area contributed by atoms with Crippen molar-refractivity contribution in [2.45, 2.75) is 32.6 Å². The molecule has 1 aliphatic rings. The average molecular weight is 530 g/mol. The van der Waals surface area contributed by atoms with Gasteiger partial charge in [-0.1, -0.05) is 23.4 Å². The zero-order chi connectivity index (χ0) is 25.7. The van der Waals surface area contributed by atoms with Gasteiger partial charge >= 0.3 is 5.97 Å². The number of halogens is 2. The van der Waals surface area contributed by atoms with E-state index in [1.165, 1.54) is 24.5 Å². The fourth-order valence-corrected chi connectivity index (χ4v) is 5.15. The lowest BCUT2D eigenvalue weighted by Gasteiger charge is -2.28. The molecule has 2 N–H and O–H groups in total. The number of nitrogens with zero attached hydrogens (tertiary/aromatic N) is 4. The van der Waals surface area contributed by atoms with Crippen LogP contribution in [0.4, 0.5) is 15.3 Å². The molecule has 3 heterocycles. The van der Waals surface area contributed by atoms with Crippen molar-refractivity contribution in [3.05, 3.63) is 56.4 Å². The molecule has 188 valence electrons. The van der Waals surface area contributed by atoms with Gasteiger partial charge in [-0.25, -0.2) is 14.2 Å². The summed E-state index contributed by atoms with van der Waals surface area (Å²) in [6, 6.07) is 4.54. The van der Waals surface area contributed by atoms with E-state index < -0.39 is 11.8 Å². The van der Waals surface area contributed by atoms with Crippen molar-refractivity contribution in [1.82, 2.24) is 15.2 Å². The van der Waals surface area contributed by atoms with Crippen molar-refractivity contribution < 1.29 is 18.7 Å². The highest BCUT2D eigenvalue weighted by atomic mass is 35.5. The number of aromatic nitrogens is 3. The number of methoxy groups -OCH3 is 1. The molecular weight excluding hydrogens is 505 g/mol. The normalized spacial score (nSPS) is 12.5. The minimum atomic E-state index is -0.510. The van der Waals surface area contributed by atoms with Crippen molar-refractivity contribution in [2.75, 3.05) is 31.7 Å². The molecule has 0 unspecified atom stereocenters. The Hall–Kier alpha value is -3.26. The lowest BCUT2D eigenvalue weighted by molar-refractivity contribution is 0.0593. The van der Waals surface area contributed by atoms with Gasteiger partial charge in [-0.2, -0.15) is 0 Å². The van der Waals surface area contributed by atoms with Crippen LogP contribution in [-0.2, 0) is 17.6 Å². The van der Waals surface area contributed by atoms with Gasteiger partial charge in [0.05, 0.1) is 20.3 Å². The van der Waals surface area contributed by atoms with Crippen LogP contribution in [0, 0.1) is 24.6 Å². The Morgan fingerprint density at radius 2 is 2.19 bits per heavy atom. The topological polar surface area (TPSA) is 103 Å². The Morgan fingerprint density at radius 1 is 1.36 bits per heavy atom. The predicted molar refractivity (Wildman–Crippen MR) is 137 cm³/mol. The van der Waals surface area contributed by atoms with Gasteiger partial charge in [0.1, 0.15) is 0 Å². The molecule has 36 heavy (non-hydrogen) atoms. The summed E-state index contributed by atoms with van der Waals surface area (Å²) in [5.74, 6) is 5.32. The van der Waals surface area contributed by atoms with Crippen molar-refractivity contribution in [1.29, 1.82) is 0 Å². The second-order valence-electron chi connectivity index (χ2n) is 8.04. The first-order valence-corrected chi connectivity index (χ1v) is 12.6. The Morgan fingerprint density at radius 3 is 2.94 bits per heavy atom. The monoisotopic (exact) mass is 529 g/mol. The summed E-state index contributed by atoms with van der Waals surface area (Å²) >= 11 is 7.57. The number of hydrogen-bond acceptors (Lipinski definition) is 9. The zero-order valence-corrected chi connectivity index (χ0v) is 21.5. The summed E-state index contributed by atoms with van der Waals surface area (Å²) in [5, 5.41) is 9.40. The van der Waals surface area contributed by atoms with Crippen LogP contribution in [0.15, 0.2) is 18.2 Å². The lowest BCUT2D eigenvalue weighted by Crippen LogP contribution is -2.27. The summed E-state index contributed by atoms with van der Waals surface area (Å²) in [5.41, 5.74) is 8.08. The number of ether oxygens (including phenoxy) is 2. The molecule has 0 fully saturated rings. The van der Waals surface area contributed by atoms with Crippen LogP contribution in [0.2, 0.25) is 5.15 Å². The predicted octanol–water partition coefficient (Wildman–Crippen LogP) is 4.23. The quantitative estimate of drug-likeness (QED) is 0.275. The first-order chi connectivity index (χ1) is 17.4. The number of fused-ring (bicyclic) bond motifs is 1. The van der Waals surface area contributed by atoms with Gasteiger partial charge in [-0.3, -0.25) is 0 Å². The summed E-state index contributed by atoms with van der Waals surface area (Å²) < 4.78 is 24.9. The van der Waals surface area contributed by atoms with Crippen LogP contribution >= 0.6 is 22.9 Å². The molecule has 0 saturated carbocycles. The maximum atomic E-state index is 14.3. The Balaban J connectivity index is 1.48. The van der Waals surface area contributed by atoms with Crippen LogP contribution in [0.25, 0.3) is 0 Å². The molecule has 4 rings (SSSR count). The molecule has 0 amide bonds. The molecule has 3 aromatic rings. The van der Waals surface area contributed by atoms with Gasteiger partial charge in [-0.05, 0) is 56.4 Å². The first kappa shape index (κ1) is 25.8. The van der Waals surface area contributed by atoms with Crippen molar-refractivity contribution in [2.24, 2.45) is 5.73 Å². The molecule has 0 saturated heterocycles. The highest BCUT2D eigenvalue weighted by molar-refractivity contribution is 7.16. The fraction of sp³-hybridized carbons (Fsp3) is 0.360. The molecule has 0 bridgehead atoms. The molecule has 1 aromatic carbocycles. The Kier molecular flexibility index (Phi) is 8.36. The minimum Gasteiger partial charge on any atom is -0.491 e. The summed E-state index contributed by atoms with van der Waals surface area (Å²) in [7, 11) is 1.33. The van der Waals surface area contributed by atoms with Crippen molar-refractivity contribution in [3.63, 3.8) is 0 Å². The van der Waals surface area contributed by atoms with Crippen LogP contribution in [-0.4, -0.2) is 48.0 Å². The largest absolute Gasteiger partial charge is 0.491 e. The smallest absolute Gasteiger partial charge is 0.357 e. The maximum Gasteiger partial charge on any atom is 0.357 e. The number of nitrogens with two attached hydrogens (primary N) is 1. The number of aryl methyl sites for hydroxylation is 1. The molecule has 1 aliphatic heterocycles. The van der Waals surface area contributed by atoms with Gasteiger partial charge in [0.15, 0.2) is 33.4 Å². The van der Waals surface area contributed by atoms with Gasteiger partial charge in [0.2, 0.25) is 0 Å². The molecule has 2 aromatic heterocycles. The number of benzene rings is 1. The van der Waals surface area contributed by atoms with Crippen LogP contribution in [0.3, 0.4) is 0 Å². The highest BCUT2D eigenvalue weighted by Crippen LogP contribution is 2.38. The maximum absolute atomic E-state index is 14.3. The van der Waals surface area contributed by atoms with Crippen LogP contribution in [0.5, 0.6) is 5.75 Å². The third kappa shape index (κ3) is 5.59. The Labute approximate surface area is 217 Å². The Bertz CT molecular complexity index is 1340. The average Bonchev–Trinajstić information content (AvgIpc) is 3.31. The van der Waals surface area contributed by atoms with Gasteiger partial charge in [0.25, 0.3) is 0 Å².